The second-order valence-corrected chi connectivity index (χ2v) is 8.28. The molecule has 1 fully saturated rings. The number of benzene rings is 2. The molecule has 0 unspecified atom stereocenters. The third kappa shape index (κ3) is 3.38. The van der Waals surface area contributed by atoms with Crippen LogP contribution in [0.1, 0.15) is 52.1 Å². The van der Waals surface area contributed by atoms with Crippen LogP contribution in [0.2, 0.25) is 0 Å². The molecule has 3 heterocycles. The minimum absolute atomic E-state index is 0.0375. The minimum Gasteiger partial charge on any atom is -0.372 e. The Morgan fingerprint density at radius 2 is 1.80 bits per heavy atom. The first-order valence-electron chi connectivity index (χ1n) is 11.0. The number of nitrogens with zero attached hydrogens (tertiary/aromatic N) is 2. The summed E-state index contributed by atoms with van der Waals surface area (Å²) in [5, 5.41) is 4.22. The van der Waals surface area contributed by atoms with Crippen molar-refractivity contribution in [2.24, 2.45) is 0 Å². The average molecular weight is 402 g/mol. The number of rotatable bonds is 5. The third-order valence-electron chi connectivity index (χ3n) is 6.38. The van der Waals surface area contributed by atoms with Gasteiger partial charge in [-0.05, 0) is 61.9 Å². The number of anilines is 1. The van der Waals surface area contributed by atoms with Crippen molar-refractivity contribution < 1.29 is 9.59 Å². The average Bonchev–Trinajstić information content (AvgIpc) is 3.42. The van der Waals surface area contributed by atoms with Gasteiger partial charge < -0.3 is 10.2 Å². The van der Waals surface area contributed by atoms with Crippen LogP contribution in [-0.2, 0) is 12.8 Å². The van der Waals surface area contributed by atoms with Gasteiger partial charge in [0.15, 0.2) is 0 Å². The van der Waals surface area contributed by atoms with Gasteiger partial charge in [-0.2, -0.15) is 0 Å². The standard InChI is InChI=1S/C25H27N3O2/c29-24-12-6-11-23-21(20-9-1-2-10-22(20)28(23)24)13-14-26-25(30)18-7-5-8-19(17-18)27-15-3-4-16-27/h1-2,5,7-10,17H,3-4,6,11-16H2,(H,26,30). The summed E-state index contributed by atoms with van der Waals surface area (Å²) in [4.78, 5) is 27.6. The smallest absolute Gasteiger partial charge is 0.251 e. The largest absolute Gasteiger partial charge is 0.372 e. The quantitative estimate of drug-likeness (QED) is 0.697. The van der Waals surface area contributed by atoms with Crippen molar-refractivity contribution in [3.63, 3.8) is 0 Å². The van der Waals surface area contributed by atoms with Gasteiger partial charge in [0.05, 0.1) is 5.52 Å². The molecule has 1 amide bonds. The molecular formula is C25H27N3O2. The van der Waals surface area contributed by atoms with Crippen molar-refractivity contribution in [2.75, 3.05) is 24.5 Å². The molecule has 154 valence electrons. The molecular weight excluding hydrogens is 374 g/mol. The highest BCUT2D eigenvalue weighted by Gasteiger charge is 2.24. The van der Waals surface area contributed by atoms with E-state index < -0.39 is 0 Å². The van der Waals surface area contributed by atoms with E-state index in [9.17, 15) is 9.59 Å². The van der Waals surface area contributed by atoms with Gasteiger partial charge in [-0.1, -0.05) is 24.3 Å². The molecule has 5 rings (SSSR count). The predicted octanol–water partition coefficient (Wildman–Crippen LogP) is 4.19. The van der Waals surface area contributed by atoms with Crippen LogP contribution < -0.4 is 10.2 Å². The number of aromatic nitrogens is 1. The Balaban J connectivity index is 1.32. The van der Waals surface area contributed by atoms with Gasteiger partial charge in [-0.15, -0.1) is 0 Å². The molecule has 30 heavy (non-hydrogen) atoms. The first-order valence-corrected chi connectivity index (χ1v) is 11.0. The Morgan fingerprint density at radius 3 is 2.67 bits per heavy atom. The maximum atomic E-state index is 12.8. The van der Waals surface area contributed by atoms with Crippen LogP contribution in [0.4, 0.5) is 5.69 Å². The van der Waals surface area contributed by atoms with Gasteiger partial charge in [-0.25, -0.2) is 0 Å². The first-order chi connectivity index (χ1) is 14.7. The van der Waals surface area contributed by atoms with Crippen LogP contribution >= 0.6 is 0 Å². The number of carbonyl (C=O) groups is 2. The van der Waals surface area contributed by atoms with E-state index in [2.05, 4.69) is 22.3 Å². The molecule has 0 bridgehead atoms. The third-order valence-corrected chi connectivity index (χ3v) is 6.38. The summed E-state index contributed by atoms with van der Waals surface area (Å²) in [6.45, 7) is 2.69. The predicted molar refractivity (Wildman–Crippen MR) is 119 cm³/mol. The Hall–Kier alpha value is -3.08. The van der Waals surface area contributed by atoms with E-state index in [0.29, 0.717) is 18.5 Å². The van der Waals surface area contributed by atoms with Crippen molar-refractivity contribution in [3.8, 4) is 0 Å². The van der Waals surface area contributed by atoms with E-state index in [-0.39, 0.29) is 11.8 Å². The number of hydrogen-bond donors (Lipinski definition) is 1. The lowest BCUT2D eigenvalue weighted by molar-refractivity contribution is 0.0887. The fourth-order valence-electron chi connectivity index (χ4n) is 4.93. The molecule has 2 aliphatic rings. The van der Waals surface area contributed by atoms with Crippen molar-refractivity contribution in [2.45, 2.75) is 38.5 Å². The van der Waals surface area contributed by atoms with Crippen molar-refractivity contribution in [3.05, 3.63) is 65.4 Å². The van der Waals surface area contributed by atoms with Gasteiger partial charge in [0, 0.05) is 48.4 Å². The van der Waals surface area contributed by atoms with Crippen molar-refractivity contribution >= 4 is 28.4 Å². The lowest BCUT2D eigenvalue weighted by Crippen LogP contribution is -2.27. The molecule has 0 aliphatic carbocycles. The van der Waals surface area contributed by atoms with Crippen molar-refractivity contribution in [1.82, 2.24) is 9.88 Å². The highest BCUT2D eigenvalue weighted by molar-refractivity contribution is 5.97. The second-order valence-electron chi connectivity index (χ2n) is 8.28. The fourth-order valence-corrected chi connectivity index (χ4v) is 4.93. The highest BCUT2D eigenvalue weighted by atomic mass is 16.2. The van der Waals surface area contributed by atoms with Crippen LogP contribution in [0.15, 0.2) is 48.5 Å². The van der Waals surface area contributed by atoms with E-state index in [1.54, 1.807) is 0 Å². The number of carbonyl (C=O) groups excluding carboxylic acids is 2. The molecule has 1 N–H and O–H groups in total. The molecule has 2 aliphatic heterocycles. The summed E-state index contributed by atoms with van der Waals surface area (Å²) < 4.78 is 1.90. The first kappa shape index (κ1) is 18.9. The van der Waals surface area contributed by atoms with Crippen LogP contribution in [-0.4, -0.2) is 36.0 Å². The maximum absolute atomic E-state index is 12.8. The van der Waals surface area contributed by atoms with E-state index in [1.165, 1.54) is 18.4 Å². The van der Waals surface area contributed by atoms with E-state index in [1.807, 2.05) is 41.0 Å². The molecule has 1 saturated heterocycles. The molecule has 5 nitrogen and oxygen atoms in total. The summed E-state index contributed by atoms with van der Waals surface area (Å²) in [5.74, 6) is 0.144. The number of amides is 1. The monoisotopic (exact) mass is 401 g/mol. The molecule has 0 spiro atoms. The van der Waals surface area contributed by atoms with Crippen molar-refractivity contribution in [1.29, 1.82) is 0 Å². The topological polar surface area (TPSA) is 54.3 Å². The maximum Gasteiger partial charge on any atom is 0.251 e. The van der Waals surface area contributed by atoms with Crippen LogP contribution in [0.3, 0.4) is 0 Å². The highest BCUT2D eigenvalue weighted by Crippen LogP contribution is 2.31. The summed E-state index contributed by atoms with van der Waals surface area (Å²) >= 11 is 0. The zero-order valence-corrected chi connectivity index (χ0v) is 17.2. The molecule has 2 aromatic carbocycles. The van der Waals surface area contributed by atoms with Gasteiger partial charge in [0.25, 0.3) is 5.91 Å². The van der Waals surface area contributed by atoms with Gasteiger partial charge in [0.2, 0.25) is 5.91 Å². The molecule has 0 saturated carbocycles. The van der Waals surface area contributed by atoms with Gasteiger partial charge in [0.1, 0.15) is 0 Å². The van der Waals surface area contributed by atoms with E-state index >= 15 is 0 Å². The Bertz CT molecular complexity index is 1110. The number of nitrogens with one attached hydrogen (secondary N) is 1. The number of para-hydroxylation sites is 1. The summed E-state index contributed by atoms with van der Waals surface area (Å²) in [6.07, 6.45) is 5.59. The van der Waals surface area contributed by atoms with E-state index in [0.717, 1.165) is 54.6 Å². The van der Waals surface area contributed by atoms with Crippen LogP contribution in [0.25, 0.3) is 10.9 Å². The van der Waals surface area contributed by atoms with Crippen LogP contribution in [0.5, 0.6) is 0 Å². The normalized spacial score (nSPS) is 16.1. The lowest BCUT2D eigenvalue weighted by Gasteiger charge is -2.18. The SMILES string of the molecule is O=C(NCCc1c2n(c3ccccc13)C(=O)CCC2)c1cccc(N2CCCC2)c1. The Kier molecular flexibility index (Phi) is 5.03. The summed E-state index contributed by atoms with van der Waals surface area (Å²) in [5.41, 5.74) is 5.16. The molecule has 5 heteroatoms. The fraction of sp³-hybridized carbons (Fsp3) is 0.360. The minimum atomic E-state index is -0.0375. The lowest BCUT2D eigenvalue weighted by atomic mass is 10.0. The van der Waals surface area contributed by atoms with Gasteiger partial charge in [-0.3, -0.25) is 14.2 Å². The molecule has 1 aromatic heterocycles. The molecule has 0 atom stereocenters. The van der Waals surface area contributed by atoms with E-state index in [4.69, 9.17) is 0 Å². The van der Waals surface area contributed by atoms with Gasteiger partial charge >= 0.3 is 0 Å². The Labute approximate surface area is 176 Å². The van der Waals surface area contributed by atoms with Crippen LogP contribution in [0, 0.1) is 0 Å². The zero-order valence-electron chi connectivity index (χ0n) is 17.2. The number of hydrogen-bond acceptors (Lipinski definition) is 3. The Morgan fingerprint density at radius 1 is 0.967 bits per heavy atom. The zero-order chi connectivity index (χ0) is 20.5. The second kappa shape index (κ2) is 7.98. The molecule has 3 aromatic rings. The number of fused-ring (bicyclic) bond motifs is 3. The summed E-state index contributed by atoms with van der Waals surface area (Å²) in [7, 11) is 0. The molecule has 0 radical (unpaired) electrons. The summed E-state index contributed by atoms with van der Waals surface area (Å²) in [6, 6.07) is 16.0.